The molecular formula is C14H22N2. The first-order valence-corrected chi connectivity index (χ1v) is 6.33. The van der Waals surface area contributed by atoms with Gasteiger partial charge in [-0.05, 0) is 35.3 Å². The summed E-state index contributed by atoms with van der Waals surface area (Å²) in [5.41, 5.74) is 4.20. The first-order valence-electron chi connectivity index (χ1n) is 6.33. The van der Waals surface area contributed by atoms with Crippen molar-refractivity contribution in [2.24, 2.45) is 5.92 Å². The number of hydrogen-bond donors (Lipinski definition) is 1. The van der Waals surface area contributed by atoms with E-state index in [1.54, 1.807) is 0 Å². The Labute approximate surface area is 98.5 Å². The SMILES string of the molecule is CC(C)c1cncc2c1C(C(C)C)CCN2. The Balaban J connectivity index is 2.51. The van der Waals surface area contributed by atoms with Crippen LogP contribution in [-0.4, -0.2) is 11.5 Å². The minimum atomic E-state index is 0.559. The van der Waals surface area contributed by atoms with Gasteiger partial charge in [0.2, 0.25) is 0 Å². The molecule has 1 atom stereocenters. The average Bonchev–Trinajstić information content (AvgIpc) is 2.27. The van der Waals surface area contributed by atoms with Crippen LogP contribution in [0.2, 0.25) is 0 Å². The molecular weight excluding hydrogens is 196 g/mol. The van der Waals surface area contributed by atoms with E-state index >= 15 is 0 Å². The molecule has 2 heteroatoms. The molecule has 88 valence electrons. The quantitative estimate of drug-likeness (QED) is 0.817. The fourth-order valence-corrected chi connectivity index (χ4v) is 2.67. The fraction of sp³-hybridized carbons (Fsp3) is 0.643. The first-order chi connectivity index (χ1) is 7.61. The predicted molar refractivity (Wildman–Crippen MR) is 69.0 cm³/mol. The summed E-state index contributed by atoms with van der Waals surface area (Å²) in [5.74, 6) is 1.96. The minimum absolute atomic E-state index is 0.559. The van der Waals surface area contributed by atoms with Crippen LogP contribution >= 0.6 is 0 Å². The standard InChI is InChI=1S/C14H22N2/c1-9(2)11-5-6-16-13-8-15-7-12(10(3)4)14(11)13/h7-11,16H,5-6H2,1-4H3. The van der Waals surface area contributed by atoms with Crippen LogP contribution in [0.1, 0.15) is 57.1 Å². The number of fused-ring (bicyclic) bond motifs is 1. The fourth-order valence-electron chi connectivity index (χ4n) is 2.67. The van der Waals surface area contributed by atoms with Gasteiger partial charge in [0.25, 0.3) is 0 Å². The molecule has 1 unspecified atom stereocenters. The van der Waals surface area contributed by atoms with E-state index in [9.17, 15) is 0 Å². The van der Waals surface area contributed by atoms with Crippen molar-refractivity contribution in [2.75, 3.05) is 11.9 Å². The number of rotatable bonds is 2. The molecule has 1 aliphatic heterocycles. The molecule has 1 aromatic rings. The van der Waals surface area contributed by atoms with Crippen LogP contribution in [0.5, 0.6) is 0 Å². The topological polar surface area (TPSA) is 24.9 Å². The zero-order valence-corrected chi connectivity index (χ0v) is 10.7. The van der Waals surface area contributed by atoms with Gasteiger partial charge in [-0.15, -0.1) is 0 Å². The molecule has 0 amide bonds. The smallest absolute Gasteiger partial charge is 0.0565 e. The van der Waals surface area contributed by atoms with Gasteiger partial charge in [-0.2, -0.15) is 0 Å². The molecule has 0 saturated heterocycles. The summed E-state index contributed by atoms with van der Waals surface area (Å²) in [6, 6.07) is 0. The number of nitrogens with one attached hydrogen (secondary N) is 1. The van der Waals surface area contributed by atoms with Crippen LogP contribution in [0.4, 0.5) is 5.69 Å². The van der Waals surface area contributed by atoms with Crippen molar-refractivity contribution in [3.8, 4) is 0 Å². The summed E-state index contributed by atoms with van der Waals surface area (Å²) in [6.07, 6.45) is 5.27. The molecule has 0 fully saturated rings. The van der Waals surface area contributed by atoms with Crippen LogP contribution in [0.3, 0.4) is 0 Å². The number of nitrogens with zero attached hydrogens (tertiary/aromatic N) is 1. The van der Waals surface area contributed by atoms with E-state index in [0.29, 0.717) is 17.8 Å². The highest BCUT2D eigenvalue weighted by molar-refractivity contribution is 5.57. The second kappa shape index (κ2) is 4.44. The van der Waals surface area contributed by atoms with Crippen molar-refractivity contribution in [1.29, 1.82) is 0 Å². The van der Waals surface area contributed by atoms with Gasteiger partial charge in [-0.25, -0.2) is 0 Å². The highest BCUT2D eigenvalue weighted by Crippen LogP contribution is 2.40. The molecule has 1 aromatic heterocycles. The highest BCUT2D eigenvalue weighted by atomic mass is 14.9. The summed E-state index contributed by atoms with van der Waals surface area (Å²) in [7, 11) is 0. The van der Waals surface area contributed by atoms with Crippen molar-refractivity contribution < 1.29 is 0 Å². The van der Waals surface area contributed by atoms with Crippen LogP contribution in [0, 0.1) is 5.92 Å². The number of anilines is 1. The van der Waals surface area contributed by atoms with Gasteiger partial charge in [0.05, 0.1) is 11.9 Å². The summed E-state index contributed by atoms with van der Waals surface area (Å²) >= 11 is 0. The normalized spacial score (nSPS) is 19.8. The van der Waals surface area contributed by atoms with E-state index in [1.807, 2.05) is 12.4 Å². The zero-order chi connectivity index (χ0) is 11.7. The van der Waals surface area contributed by atoms with Gasteiger partial charge >= 0.3 is 0 Å². The average molecular weight is 218 g/mol. The van der Waals surface area contributed by atoms with Crippen molar-refractivity contribution in [3.63, 3.8) is 0 Å². The van der Waals surface area contributed by atoms with Gasteiger partial charge in [0, 0.05) is 12.7 Å². The van der Waals surface area contributed by atoms with E-state index in [4.69, 9.17) is 0 Å². The highest BCUT2D eigenvalue weighted by Gasteiger charge is 2.26. The molecule has 0 bridgehead atoms. The lowest BCUT2D eigenvalue weighted by atomic mass is 9.79. The Hall–Kier alpha value is -1.05. The molecule has 1 N–H and O–H groups in total. The van der Waals surface area contributed by atoms with Crippen molar-refractivity contribution in [2.45, 2.75) is 46.0 Å². The number of aromatic nitrogens is 1. The maximum atomic E-state index is 4.35. The number of pyridine rings is 1. The van der Waals surface area contributed by atoms with E-state index in [-0.39, 0.29) is 0 Å². The van der Waals surface area contributed by atoms with E-state index < -0.39 is 0 Å². The van der Waals surface area contributed by atoms with Crippen LogP contribution in [0.25, 0.3) is 0 Å². The number of hydrogen-bond acceptors (Lipinski definition) is 2. The van der Waals surface area contributed by atoms with Crippen molar-refractivity contribution in [1.82, 2.24) is 4.98 Å². The van der Waals surface area contributed by atoms with E-state index in [0.717, 1.165) is 6.54 Å². The summed E-state index contributed by atoms with van der Waals surface area (Å²) in [5, 5.41) is 3.48. The predicted octanol–water partition coefficient (Wildman–Crippen LogP) is 3.76. The Bertz CT molecular complexity index is 369. The molecule has 16 heavy (non-hydrogen) atoms. The molecule has 2 heterocycles. The Kier molecular flexibility index (Phi) is 3.17. The van der Waals surface area contributed by atoms with Crippen LogP contribution < -0.4 is 5.32 Å². The largest absolute Gasteiger partial charge is 0.384 e. The third-order valence-electron chi connectivity index (χ3n) is 3.59. The summed E-state index contributed by atoms with van der Waals surface area (Å²) < 4.78 is 0. The molecule has 0 saturated carbocycles. The molecule has 0 spiro atoms. The van der Waals surface area contributed by atoms with Gasteiger partial charge in [-0.3, -0.25) is 4.98 Å². The van der Waals surface area contributed by atoms with Crippen LogP contribution in [-0.2, 0) is 0 Å². The molecule has 2 rings (SSSR count). The zero-order valence-electron chi connectivity index (χ0n) is 10.7. The molecule has 0 aliphatic carbocycles. The summed E-state index contributed by atoms with van der Waals surface area (Å²) in [6.45, 7) is 10.2. The second-order valence-electron chi connectivity index (χ2n) is 5.41. The molecule has 1 aliphatic rings. The maximum absolute atomic E-state index is 4.35. The van der Waals surface area contributed by atoms with Crippen molar-refractivity contribution >= 4 is 5.69 Å². The van der Waals surface area contributed by atoms with Gasteiger partial charge < -0.3 is 5.32 Å². The second-order valence-corrected chi connectivity index (χ2v) is 5.41. The monoisotopic (exact) mass is 218 g/mol. The Morgan fingerprint density at radius 1 is 1.25 bits per heavy atom. The van der Waals surface area contributed by atoms with E-state index in [1.165, 1.54) is 23.2 Å². The maximum Gasteiger partial charge on any atom is 0.0565 e. The van der Waals surface area contributed by atoms with Gasteiger partial charge in [0.1, 0.15) is 0 Å². The van der Waals surface area contributed by atoms with Gasteiger partial charge in [-0.1, -0.05) is 27.7 Å². The minimum Gasteiger partial charge on any atom is -0.384 e. The van der Waals surface area contributed by atoms with Gasteiger partial charge in [0.15, 0.2) is 0 Å². The lowest BCUT2D eigenvalue weighted by molar-refractivity contribution is 0.464. The lowest BCUT2D eigenvalue weighted by Crippen LogP contribution is -2.22. The first kappa shape index (κ1) is 11.4. The van der Waals surface area contributed by atoms with Crippen LogP contribution in [0.15, 0.2) is 12.4 Å². The Morgan fingerprint density at radius 3 is 2.62 bits per heavy atom. The lowest BCUT2D eigenvalue weighted by Gasteiger charge is -2.32. The van der Waals surface area contributed by atoms with E-state index in [2.05, 4.69) is 38.0 Å². The van der Waals surface area contributed by atoms with Crippen molar-refractivity contribution in [3.05, 3.63) is 23.5 Å². The third kappa shape index (κ3) is 1.93. The third-order valence-corrected chi connectivity index (χ3v) is 3.59. The molecule has 0 radical (unpaired) electrons. The summed E-state index contributed by atoms with van der Waals surface area (Å²) in [4.78, 5) is 4.35. The molecule has 0 aromatic carbocycles. The Morgan fingerprint density at radius 2 is 2.00 bits per heavy atom. The molecule has 2 nitrogen and oxygen atoms in total.